The summed E-state index contributed by atoms with van der Waals surface area (Å²) in [5, 5.41) is 28.0. The van der Waals surface area contributed by atoms with E-state index in [9.17, 15) is 29.0 Å². The second kappa shape index (κ2) is 10.8. The van der Waals surface area contributed by atoms with E-state index in [1.165, 1.54) is 52.4 Å². The van der Waals surface area contributed by atoms with Crippen LogP contribution in [0.2, 0.25) is 0 Å². The minimum atomic E-state index is -4.90. The SMILES string of the molecule is COc1c(C=Cc2ccc(C=CC3=C(C#N)C(=C(C#N)C#N)OC3(C)C(F)(F)F)s2)cc2c3c1CCCN3CCC2. The van der Waals surface area contributed by atoms with E-state index in [2.05, 4.69) is 11.0 Å². The van der Waals surface area contributed by atoms with Crippen LogP contribution in [0, 0.1) is 34.0 Å². The molecule has 1 atom stereocenters. The smallest absolute Gasteiger partial charge is 0.432 e. The molecule has 3 aliphatic heterocycles. The van der Waals surface area contributed by atoms with Crippen molar-refractivity contribution in [1.29, 1.82) is 15.8 Å². The Labute approximate surface area is 240 Å². The fourth-order valence-electron chi connectivity index (χ4n) is 5.64. The van der Waals surface area contributed by atoms with Gasteiger partial charge in [0.25, 0.3) is 0 Å². The number of nitriles is 3. The van der Waals surface area contributed by atoms with Crippen LogP contribution in [-0.4, -0.2) is 32.0 Å². The van der Waals surface area contributed by atoms with Crippen LogP contribution in [0.1, 0.15) is 46.2 Å². The Balaban J connectivity index is 1.46. The van der Waals surface area contributed by atoms with Gasteiger partial charge in [-0.15, -0.1) is 11.3 Å². The summed E-state index contributed by atoms with van der Waals surface area (Å²) in [5.41, 5.74) is 0.374. The average Bonchev–Trinajstić information content (AvgIpc) is 3.53. The van der Waals surface area contributed by atoms with E-state index in [0.717, 1.165) is 61.9 Å². The lowest BCUT2D eigenvalue weighted by Crippen LogP contribution is -2.43. The topological polar surface area (TPSA) is 93.1 Å². The molecule has 4 heterocycles. The average molecular weight is 575 g/mol. The van der Waals surface area contributed by atoms with Gasteiger partial charge >= 0.3 is 6.18 Å². The molecule has 3 aliphatic rings. The molecule has 1 aromatic heterocycles. The number of thiophene rings is 1. The van der Waals surface area contributed by atoms with Crippen molar-refractivity contribution in [1.82, 2.24) is 0 Å². The second-order valence-corrected chi connectivity index (χ2v) is 11.2. The van der Waals surface area contributed by atoms with Gasteiger partial charge in [-0.2, -0.15) is 29.0 Å². The molecule has 10 heteroatoms. The zero-order valence-electron chi connectivity index (χ0n) is 22.4. The minimum absolute atomic E-state index is 0.460. The van der Waals surface area contributed by atoms with Crippen molar-refractivity contribution in [2.75, 3.05) is 25.1 Å². The first kappa shape index (κ1) is 28.1. The van der Waals surface area contributed by atoms with Crippen LogP contribution in [0.25, 0.3) is 18.2 Å². The lowest BCUT2D eigenvalue weighted by atomic mass is 9.89. The summed E-state index contributed by atoms with van der Waals surface area (Å²) in [6.45, 7) is 2.92. The highest BCUT2D eigenvalue weighted by atomic mass is 32.1. The Bertz CT molecular complexity index is 1640. The predicted octanol–water partition coefficient (Wildman–Crippen LogP) is 7.11. The maximum atomic E-state index is 14.1. The predicted molar refractivity (Wildman–Crippen MR) is 151 cm³/mol. The van der Waals surface area contributed by atoms with Gasteiger partial charge in [-0.3, -0.25) is 0 Å². The number of aryl methyl sites for hydroxylation is 1. The molecule has 1 unspecified atom stereocenters. The Kier molecular flexibility index (Phi) is 7.43. The van der Waals surface area contributed by atoms with Crippen LogP contribution in [-0.2, 0) is 17.6 Å². The number of rotatable bonds is 5. The maximum absolute atomic E-state index is 14.1. The standard InChI is InChI=1S/C31H25F3N4O2S/c1-30(31(32,33)34)26(25(18-37)29(40-30)21(16-35)17-36)12-11-23-10-9-22(41-23)8-7-20-15-19-5-3-13-38-14-4-6-24(27(19)38)28(20)39-2/h7-12,15H,3-6,13-14H2,1-2H3. The van der Waals surface area contributed by atoms with E-state index >= 15 is 0 Å². The number of methoxy groups -OCH3 is 1. The Hall–Kier alpha value is -4.46. The third-order valence-electron chi connectivity index (χ3n) is 7.61. The summed E-state index contributed by atoms with van der Waals surface area (Å²) in [4.78, 5) is 3.99. The van der Waals surface area contributed by atoms with Crippen LogP contribution in [0.4, 0.5) is 18.9 Å². The van der Waals surface area contributed by atoms with E-state index in [4.69, 9.17) is 9.47 Å². The van der Waals surface area contributed by atoms with Crippen molar-refractivity contribution in [2.24, 2.45) is 0 Å². The van der Waals surface area contributed by atoms with E-state index in [0.29, 0.717) is 4.88 Å². The van der Waals surface area contributed by atoms with E-state index in [1.54, 1.807) is 19.2 Å². The van der Waals surface area contributed by atoms with E-state index < -0.39 is 34.3 Å². The third-order valence-corrected chi connectivity index (χ3v) is 8.63. The molecule has 0 aliphatic carbocycles. The molecule has 0 saturated carbocycles. The molecule has 0 N–H and O–H groups in total. The molecule has 208 valence electrons. The minimum Gasteiger partial charge on any atom is -0.496 e. The van der Waals surface area contributed by atoms with Crippen LogP contribution in [0.5, 0.6) is 5.75 Å². The molecular formula is C31H25F3N4O2S. The van der Waals surface area contributed by atoms with Gasteiger partial charge < -0.3 is 14.4 Å². The third kappa shape index (κ3) is 4.88. The number of hydrogen-bond acceptors (Lipinski definition) is 7. The molecule has 1 aromatic carbocycles. The van der Waals surface area contributed by atoms with Gasteiger partial charge in [0, 0.05) is 45.2 Å². The molecule has 0 saturated heterocycles. The first-order chi connectivity index (χ1) is 19.6. The summed E-state index contributed by atoms with van der Waals surface area (Å²) in [7, 11) is 1.69. The first-order valence-electron chi connectivity index (χ1n) is 13.0. The zero-order valence-corrected chi connectivity index (χ0v) is 23.2. The maximum Gasteiger partial charge on any atom is 0.432 e. The Morgan fingerprint density at radius 3 is 2.32 bits per heavy atom. The normalized spacial score (nSPS) is 20.0. The zero-order chi connectivity index (χ0) is 29.4. The summed E-state index contributed by atoms with van der Waals surface area (Å²) in [5.74, 6) is 0.220. The summed E-state index contributed by atoms with van der Waals surface area (Å²) in [6.07, 6.45) is 5.91. The van der Waals surface area contributed by atoms with Crippen molar-refractivity contribution in [3.63, 3.8) is 0 Å². The van der Waals surface area contributed by atoms with Crippen molar-refractivity contribution in [3.8, 4) is 24.0 Å². The van der Waals surface area contributed by atoms with Crippen LogP contribution >= 0.6 is 11.3 Å². The van der Waals surface area contributed by atoms with Gasteiger partial charge in [0.05, 0.1) is 7.11 Å². The molecule has 0 fully saturated rings. The van der Waals surface area contributed by atoms with Crippen molar-refractivity contribution in [3.05, 3.63) is 73.2 Å². The van der Waals surface area contributed by atoms with Crippen molar-refractivity contribution >= 4 is 35.3 Å². The summed E-state index contributed by atoms with van der Waals surface area (Å²) < 4.78 is 53.2. The van der Waals surface area contributed by atoms with Crippen LogP contribution < -0.4 is 9.64 Å². The molecule has 41 heavy (non-hydrogen) atoms. The van der Waals surface area contributed by atoms with Gasteiger partial charge in [-0.05, 0) is 74.6 Å². The van der Waals surface area contributed by atoms with Gasteiger partial charge in [0.2, 0.25) is 5.60 Å². The number of hydrogen-bond donors (Lipinski definition) is 0. The molecule has 2 aromatic rings. The van der Waals surface area contributed by atoms with Gasteiger partial charge in [-0.25, -0.2) is 0 Å². The van der Waals surface area contributed by atoms with Gasteiger partial charge in [0.15, 0.2) is 11.3 Å². The van der Waals surface area contributed by atoms with E-state index in [-0.39, 0.29) is 0 Å². The first-order valence-corrected chi connectivity index (χ1v) is 13.9. The van der Waals surface area contributed by atoms with Crippen LogP contribution in [0.15, 0.2) is 46.8 Å². The molecule has 0 spiro atoms. The molecule has 5 rings (SSSR count). The number of alkyl halides is 3. The number of benzene rings is 1. The molecular weight excluding hydrogens is 549 g/mol. The Morgan fingerprint density at radius 1 is 1.05 bits per heavy atom. The highest BCUT2D eigenvalue weighted by Crippen LogP contribution is 2.49. The van der Waals surface area contributed by atoms with E-state index in [1.807, 2.05) is 18.2 Å². The number of halogens is 3. The summed E-state index contributed by atoms with van der Waals surface area (Å²) in [6, 6.07) is 10.5. The van der Waals surface area contributed by atoms with Crippen molar-refractivity contribution < 1.29 is 22.6 Å². The lowest BCUT2D eigenvalue weighted by molar-refractivity contribution is -0.236. The summed E-state index contributed by atoms with van der Waals surface area (Å²) >= 11 is 1.36. The fraction of sp³-hybridized carbons (Fsp3) is 0.323. The molecule has 0 radical (unpaired) electrons. The van der Waals surface area contributed by atoms with Crippen molar-refractivity contribution in [2.45, 2.75) is 44.4 Å². The molecule has 0 bridgehead atoms. The van der Waals surface area contributed by atoms with Gasteiger partial charge in [-0.1, -0.05) is 6.08 Å². The largest absolute Gasteiger partial charge is 0.496 e. The monoisotopic (exact) mass is 574 g/mol. The Morgan fingerprint density at radius 2 is 1.71 bits per heavy atom. The number of allylic oxidation sites excluding steroid dienone is 2. The quantitative estimate of drug-likeness (QED) is 0.353. The molecule has 0 amide bonds. The fourth-order valence-corrected chi connectivity index (χ4v) is 6.46. The highest BCUT2D eigenvalue weighted by molar-refractivity contribution is 7.13. The van der Waals surface area contributed by atoms with Crippen LogP contribution in [0.3, 0.4) is 0 Å². The van der Waals surface area contributed by atoms with Gasteiger partial charge in [0.1, 0.15) is 29.5 Å². The highest BCUT2D eigenvalue weighted by Gasteiger charge is 2.60. The number of anilines is 1. The second-order valence-electron chi connectivity index (χ2n) is 10.0. The molecule has 6 nitrogen and oxygen atoms in total. The number of ether oxygens (including phenoxy) is 2. The lowest BCUT2D eigenvalue weighted by Gasteiger charge is -2.38. The number of nitrogens with zero attached hydrogens (tertiary/aromatic N) is 4.